The summed E-state index contributed by atoms with van der Waals surface area (Å²) in [6, 6.07) is 11.4. The molecule has 0 aliphatic heterocycles. The Labute approximate surface area is 155 Å². The fourth-order valence-corrected chi connectivity index (χ4v) is 3.08. The number of aryl methyl sites for hydroxylation is 3. The van der Waals surface area contributed by atoms with Gasteiger partial charge in [-0.3, -0.25) is 9.69 Å². The lowest BCUT2D eigenvalue weighted by atomic mass is 10.1. The van der Waals surface area contributed by atoms with E-state index >= 15 is 0 Å². The van der Waals surface area contributed by atoms with Crippen molar-refractivity contribution in [3.05, 3.63) is 64.2 Å². The largest absolute Gasteiger partial charge is 0.465 e. The normalized spacial score (nSPS) is 10.7. The highest BCUT2D eigenvalue weighted by atomic mass is 16.5. The molecule has 2 rings (SSSR count). The molecule has 0 radical (unpaired) electrons. The molecule has 0 unspecified atom stereocenters. The molecule has 1 amide bonds. The smallest absolute Gasteiger partial charge is 0.337 e. The number of anilines is 1. The number of hydrogen-bond acceptors (Lipinski definition) is 4. The van der Waals surface area contributed by atoms with Crippen molar-refractivity contribution in [2.45, 2.75) is 27.3 Å². The fraction of sp³-hybridized carbons (Fsp3) is 0.333. The van der Waals surface area contributed by atoms with Gasteiger partial charge in [0.1, 0.15) is 0 Å². The summed E-state index contributed by atoms with van der Waals surface area (Å²) < 4.78 is 4.74. The van der Waals surface area contributed by atoms with Crippen LogP contribution in [0.2, 0.25) is 0 Å². The number of amides is 1. The second-order valence-electron chi connectivity index (χ2n) is 6.69. The molecule has 2 aromatic carbocycles. The van der Waals surface area contributed by atoms with Gasteiger partial charge >= 0.3 is 5.97 Å². The summed E-state index contributed by atoms with van der Waals surface area (Å²) in [4.78, 5) is 25.9. The second kappa shape index (κ2) is 8.63. The molecular weight excluding hydrogens is 328 g/mol. The summed E-state index contributed by atoms with van der Waals surface area (Å²) in [5.41, 5.74) is 5.63. The van der Waals surface area contributed by atoms with Crippen molar-refractivity contribution in [2.24, 2.45) is 0 Å². The van der Waals surface area contributed by atoms with Crippen LogP contribution in [0.4, 0.5) is 5.69 Å². The Morgan fingerprint density at radius 2 is 1.73 bits per heavy atom. The van der Waals surface area contributed by atoms with E-state index < -0.39 is 0 Å². The number of benzene rings is 2. The summed E-state index contributed by atoms with van der Waals surface area (Å²) in [6.07, 6.45) is 0. The van der Waals surface area contributed by atoms with E-state index in [4.69, 9.17) is 4.74 Å². The number of methoxy groups -OCH3 is 1. The van der Waals surface area contributed by atoms with Gasteiger partial charge < -0.3 is 10.1 Å². The average molecular weight is 354 g/mol. The molecule has 26 heavy (non-hydrogen) atoms. The summed E-state index contributed by atoms with van der Waals surface area (Å²) in [7, 11) is 3.24. The van der Waals surface area contributed by atoms with Crippen molar-refractivity contribution in [3.63, 3.8) is 0 Å². The molecule has 0 aliphatic carbocycles. The zero-order chi connectivity index (χ0) is 19.3. The first-order valence-electron chi connectivity index (χ1n) is 8.53. The highest BCUT2D eigenvalue weighted by Gasteiger charge is 2.12. The molecule has 0 aromatic heterocycles. The van der Waals surface area contributed by atoms with E-state index in [0.717, 1.165) is 22.4 Å². The Balaban J connectivity index is 1.99. The van der Waals surface area contributed by atoms with E-state index in [1.807, 2.05) is 44.9 Å². The Kier molecular flexibility index (Phi) is 6.52. The predicted octanol–water partition coefficient (Wildman–Crippen LogP) is 3.47. The minimum atomic E-state index is -0.363. The van der Waals surface area contributed by atoms with E-state index in [2.05, 4.69) is 17.4 Å². The number of esters is 1. The molecule has 1 N–H and O–H groups in total. The molecule has 0 heterocycles. The lowest BCUT2D eigenvalue weighted by molar-refractivity contribution is -0.117. The summed E-state index contributed by atoms with van der Waals surface area (Å²) in [5.74, 6) is -0.427. The first-order chi connectivity index (χ1) is 12.3. The third-order valence-corrected chi connectivity index (χ3v) is 4.16. The van der Waals surface area contributed by atoms with E-state index in [-0.39, 0.29) is 18.4 Å². The zero-order valence-corrected chi connectivity index (χ0v) is 16.1. The minimum absolute atomic E-state index is 0.0633. The Hall–Kier alpha value is -2.66. The third-order valence-electron chi connectivity index (χ3n) is 4.16. The van der Waals surface area contributed by atoms with Gasteiger partial charge in [-0.2, -0.15) is 0 Å². The number of nitrogens with zero attached hydrogens (tertiary/aromatic N) is 1. The second-order valence-corrected chi connectivity index (χ2v) is 6.69. The average Bonchev–Trinajstić information content (AvgIpc) is 2.57. The van der Waals surface area contributed by atoms with Gasteiger partial charge in [-0.1, -0.05) is 29.8 Å². The fourth-order valence-electron chi connectivity index (χ4n) is 3.08. The topological polar surface area (TPSA) is 58.6 Å². The van der Waals surface area contributed by atoms with Gasteiger partial charge in [0.15, 0.2) is 0 Å². The van der Waals surface area contributed by atoms with E-state index in [0.29, 0.717) is 12.1 Å². The van der Waals surface area contributed by atoms with Crippen LogP contribution >= 0.6 is 0 Å². The van der Waals surface area contributed by atoms with Crippen LogP contribution in [0.3, 0.4) is 0 Å². The minimum Gasteiger partial charge on any atom is -0.465 e. The molecule has 5 nitrogen and oxygen atoms in total. The van der Waals surface area contributed by atoms with Crippen molar-refractivity contribution in [1.29, 1.82) is 0 Å². The first-order valence-corrected chi connectivity index (χ1v) is 8.53. The molecule has 138 valence electrons. The SMILES string of the molecule is COC(=O)c1cccc(CN(C)CC(=O)Nc2c(C)cc(C)cc2C)c1. The van der Waals surface area contributed by atoms with Gasteiger partial charge in [0.2, 0.25) is 5.91 Å². The van der Waals surface area contributed by atoms with Crippen molar-refractivity contribution < 1.29 is 14.3 Å². The molecule has 0 aliphatic rings. The molecule has 0 saturated carbocycles. The van der Waals surface area contributed by atoms with Gasteiger partial charge in [0.05, 0.1) is 19.2 Å². The molecule has 0 spiro atoms. The van der Waals surface area contributed by atoms with Crippen molar-refractivity contribution >= 4 is 17.6 Å². The Bertz CT molecular complexity index is 792. The van der Waals surface area contributed by atoms with Gasteiger partial charge in [0.25, 0.3) is 0 Å². The number of carbonyl (C=O) groups excluding carboxylic acids is 2. The van der Waals surface area contributed by atoms with Crippen LogP contribution in [0, 0.1) is 20.8 Å². The van der Waals surface area contributed by atoms with E-state index in [1.165, 1.54) is 12.7 Å². The van der Waals surface area contributed by atoms with Crippen LogP contribution in [-0.4, -0.2) is 37.5 Å². The Morgan fingerprint density at radius 1 is 1.08 bits per heavy atom. The van der Waals surface area contributed by atoms with Gasteiger partial charge in [-0.15, -0.1) is 0 Å². The number of carbonyl (C=O) groups is 2. The maximum atomic E-state index is 12.4. The van der Waals surface area contributed by atoms with Crippen LogP contribution in [-0.2, 0) is 16.1 Å². The maximum absolute atomic E-state index is 12.4. The Morgan fingerprint density at radius 3 is 2.35 bits per heavy atom. The monoisotopic (exact) mass is 354 g/mol. The summed E-state index contributed by atoms with van der Waals surface area (Å²) >= 11 is 0. The summed E-state index contributed by atoms with van der Waals surface area (Å²) in [5, 5.41) is 3.01. The van der Waals surface area contributed by atoms with Crippen LogP contribution in [0.1, 0.15) is 32.6 Å². The first kappa shape index (κ1) is 19.7. The van der Waals surface area contributed by atoms with Gasteiger partial charge in [0, 0.05) is 12.2 Å². The molecule has 5 heteroatoms. The number of rotatable bonds is 6. The summed E-state index contributed by atoms with van der Waals surface area (Å²) in [6.45, 7) is 6.86. The predicted molar refractivity (Wildman–Crippen MR) is 103 cm³/mol. The lowest BCUT2D eigenvalue weighted by Crippen LogP contribution is -2.30. The number of nitrogens with one attached hydrogen (secondary N) is 1. The van der Waals surface area contributed by atoms with Crippen LogP contribution in [0.5, 0.6) is 0 Å². The van der Waals surface area contributed by atoms with Crippen LogP contribution < -0.4 is 5.32 Å². The van der Waals surface area contributed by atoms with Crippen molar-refractivity contribution in [1.82, 2.24) is 4.90 Å². The lowest BCUT2D eigenvalue weighted by Gasteiger charge is -2.18. The standard InChI is InChI=1S/C21H26N2O3/c1-14-9-15(2)20(16(3)10-14)22-19(24)13-23(4)12-17-7-6-8-18(11-17)21(25)26-5/h6-11H,12-13H2,1-5H3,(H,22,24). The molecule has 0 bridgehead atoms. The highest BCUT2D eigenvalue weighted by Crippen LogP contribution is 2.21. The highest BCUT2D eigenvalue weighted by molar-refractivity contribution is 5.93. The number of ether oxygens (including phenoxy) is 1. The van der Waals surface area contributed by atoms with E-state index in [1.54, 1.807) is 12.1 Å². The number of hydrogen-bond donors (Lipinski definition) is 1. The third kappa shape index (κ3) is 5.17. The van der Waals surface area contributed by atoms with Gasteiger partial charge in [-0.05, 0) is 56.6 Å². The van der Waals surface area contributed by atoms with E-state index in [9.17, 15) is 9.59 Å². The quantitative estimate of drug-likeness (QED) is 0.807. The zero-order valence-electron chi connectivity index (χ0n) is 16.1. The number of likely N-dealkylation sites (N-methyl/N-ethyl adjacent to an activating group) is 1. The van der Waals surface area contributed by atoms with Crippen LogP contribution in [0.15, 0.2) is 36.4 Å². The molecule has 0 fully saturated rings. The molecular formula is C21H26N2O3. The van der Waals surface area contributed by atoms with Gasteiger partial charge in [-0.25, -0.2) is 4.79 Å². The maximum Gasteiger partial charge on any atom is 0.337 e. The van der Waals surface area contributed by atoms with Crippen LogP contribution in [0.25, 0.3) is 0 Å². The molecule has 0 atom stereocenters. The molecule has 0 saturated heterocycles. The van der Waals surface area contributed by atoms with Crippen molar-refractivity contribution in [3.8, 4) is 0 Å². The molecule has 2 aromatic rings. The van der Waals surface area contributed by atoms with Crippen molar-refractivity contribution in [2.75, 3.05) is 26.0 Å².